The third-order valence-corrected chi connectivity index (χ3v) is 5.38. The molecular formula is C13H10BrN3O2S. The Morgan fingerprint density at radius 2 is 1.85 bits per heavy atom. The Bertz CT molecular complexity index is 886. The van der Waals surface area contributed by atoms with Gasteiger partial charge in [-0.05, 0) is 41.1 Å². The van der Waals surface area contributed by atoms with E-state index in [1.54, 1.807) is 24.3 Å². The molecule has 0 atom stereocenters. The van der Waals surface area contributed by atoms with Crippen molar-refractivity contribution in [3.05, 3.63) is 46.7 Å². The number of benzene rings is 1. The Balaban J connectivity index is 2.29. The second-order valence-electron chi connectivity index (χ2n) is 4.36. The van der Waals surface area contributed by atoms with Crippen molar-refractivity contribution in [2.45, 2.75) is 16.7 Å². The number of nitrogens with one attached hydrogen (secondary N) is 1. The number of aromatic amines is 1. The van der Waals surface area contributed by atoms with E-state index in [0.29, 0.717) is 15.6 Å². The Morgan fingerprint density at radius 1 is 1.15 bits per heavy atom. The van der Waals surface area contributed by atoms with E-state index >= 15 is 0 Å². The molecule has 5 nitrogen and oxygen atoms in total. The largest absolute Gasteiger partial charge is 0.269 e. The fourth-order valence-electron chi connectivity index (χ4n) is 1.95. The lowest BCUT2D eigenvalue weighted by molar-refractivity contribution is 0.597. The topological polar surface area (TPSA) is 75.7 Å². The molecule has 0 amide bonds. The van der Waals surface area contributed by atoms with Gasteiger partial charge in [0.2, 0.25) is 9.84 Å². The summed E-state index contributed by atoms with van der Waals surface area (Å²) in [5.41, 5.74) is 1.37. The maximum absolute atomic E-state index is 12.7. The van der Waals surface area contributed by atoms with Gasteiger partial charge >= 0.3 is 0 Å². The summed E-state index contributed by atoms with van der Waals surface area (Å²) in [6, 6.07) is 8.24. The standard InChI is InChI=1S/C13H10BrN3O2S/c1-8-2-4-9(5-3-8)20(18,19)10-6-7-15-13-11(10)12(14)16-17-13/h2-7H,1H3,(H,15,16,17). The molecule has 3 rings (SSSR count). The predicted octanol–water partition coefficient (Wildman–Crippen LogP) is 2.86. The summed E-state index contributed by atoms with van der Waals surface area (Å²) in [6.45, 7) is 1.91. The first-order chi connectivity index (χ1) is 9.50. The summed E-state index contributed by atoms with van der Waals surface area (Å²) in [7, 11) is -3.60. The first kappa shape index (κ1) is 13.3. The van der Waals surface area contributed by atoms with Gasteiger partial charge in [0.1, 0.15) is 4.60 Å². The Hall–Kier alpha value is -1.73. The van der Waals surface area contributed by atoms with Gasteiger partial charge in [-0.1, -0.05) is 17.7 Å². The molecule has 1 aromatic carbocycles. The van der Waals surface area contributed by atoms with E-state index in [2.05, 4.69) is 31.1 Å². The lowest BCUT2D eigenvalue weighted by atomic mass is 10.2. The summed E-state index contributed by atoms with van der Waals surface area (Å²) in [6.07, 6.45) is 1.44. The number of hydrogen-bond donors (Lipinski definition) is 1. The minimum atomic E-state index is -3.60. The molecule has 2 aromatic heterocycles. The van der Waals surface area contributed by atoms with Crippen molar-refractivity contribution in [3.8, 4) is 0 Å². The average Bonchev–Trinajstić information content (AvgIpc) is 2.81. The molecule has 0 saturated heterocycles. The maximum atomic E-state index is 12.7. The molecule has 0 bridgehead atoms. The molecule has 7 heteroatoms. The molecular weight excluding hydrogens is 342 g/mol. The van der Waals surface area contributed by atoms with Crippen LogP contribution in [0.25, 0.3) is 11.0 Å². The summed E-state index contributed by atoms with van der Waals surface area (Å²) >= 11 is 3.27. The van der Waals surface area contributed by atoms with Crippen molar-refractivity contribution in [2.75, 3.05) is 0 Å². The van der Waals surface area contributed by atoms with Crippen LogP contribution in [0, 0.1) is 6.92 Å². The third-order valence-electron chi connectivity index (χ3n) is 2.99. The fraction of sp³-hybridized carbons (Fsp3) is 0.0769. The Morgan fingerprint density at radius 3 is 2.55 bits per heavy atom. The molecule has 0 fully saturated rings. The Kier molecular flexibility index (Phi) is 3.10. The zero-order chi connectivity index (χ0) is 14.3. The van der Waals surface area contributed by atoms with Crippen LogP contribution in [0.1, 0.15) is 5.56 Å². The van der Waals surface area contributed by atoms with Crippen molar-refractivity contribution in [3.63, 3.8) is 0 Å². The van der Waals surface area contributed by atoms with Gasteiger partial charge in [-0.25, -0.2) is 13.4 Å². The molecule has 0 spiro atoms. The molecule has 102 valence electrons. The van der Waals surface area contributed by atoms with Crippen LogP contribution in [0.4, 0.5) is 0 Å². The first-order valence-electron chi connectivity index (χ1n) is 5.80. The monoisotopic (exact) mass is 351 g/mol. The second kappa shape index (κ2) is 4.68. The highest BCUT2D eigenvalue weighted by Gasteiger charge is 2.23. The molecule has 0 saturated carbocycles. The van der Waals surface area contributed by atoms with Gasteiger partial charge in [-0.3, -0.25) is 5.10 Å². The van der Waals surface area contributed by atoms with Crippen LogP contribution in [-0.2, 0) is 9.84 Å². The van der Waals surface area contributed by atoms with Gasteiger partial charge in [0.15, 0.2) is 5.65 Å². The van der Waals surface area contributed by atoms with Crippen LogP contribution in [0.2, 0.25) is 0 Å². The summed E-state index contributed by atoms with van der Waals surface area (Å²) in [5.74, 6) is 0. The number of hydrogen-bond acceptors (Lipinski definition) is 4. The number of rotatable bonds is 2. The van der Waals surface area contributed by atoms with Gasteiger partial charge < -0.3 is 0 Å². The molecule has 0 unspecified atom stereocenters. The van der Waals surface area contributed by atoms with Crippen LogP contribution >= 0.6 is 15.9 Å². The number of H-pyrrole nitrogens is 1. The molecule has 0 aliphatic carbocycles. The number of fused-ring (bicyclic) bond motifs is 1. The number of halogens is 1. The quantitative estimate of drug-likeness (QED) is 0.770. The lowest BCUT2D eigenvalue weighted by Crippen LogP contribution is -2.03. The van der Waals surface area contributed by atoms with Crippen molar-refractivity contribution in [1.82, 2.24) is 15.2 Å². The van der Waals surface area contributed by atoms with Crippen LogP contribution in [0.3, 0.4) is 0 Å². The molecule has 0 aliphatic rings. The van der Waals surface area contributed by atoms with E-state index in [1.165, 1.54) is 12.3 Å². The van der Waals surface area contributed by atoms with E-state index in [0.717, 1.165) is 5.56 Å². The minimum absolute atomic E-state index is 0.187. The zero-order valence-electron chi connectivity index (χ0n) is 10.5. The van der Waals surface area contributed by atoms with Gasteiger partial charge in [0, 0.05) is 6.20 Å². The molecule has 3 aromatic rings. The van der Waals surface area contributed by atoms with E-state index in [9.17, 15) is 8.42 Å². The first-order valence-corrected chi connectivity index (χ1v) is 8.08. The van der Waals surface area contributed by atoms with Crippen molar-refractivity contribution in [2.24, 2.45) is 0 Å². The van der Waals surface area contributed by atoms with Gasteiger partial charge in [-0.15, -0.1) is 0 Å². The number of aromatic nitrogens is 3. The fourth-order valence-corrected chi connectivity index (χ4v) is 4.01. The number of pyridine rings is 1. The lowest BCUT2D eigenvalue weighted by Gasteiger charge is -2.06. The van der Waals surface area contributed by atoms with Crippen molar-refractivity contribution in [1.29, 1.82) is 0 Å². The normalized spacial score (nSPS) is 11.9. The number of aryl methyl sites for hydroxylation is 1. The second-order valence-corrected chi connectivity index (χ2v) is 7.07. The predicted molar refractivity (Wildman–Crippen MR) is 78.2 cm³/mol. The highest BCUT2D eigenvalue weighted by atomic mass is 79.9. The summed E-state index contributed by atoms with van der Waals surface area (Å²) in [5, 5.41) is 7.11. The number of nitrogens with zero attached hydrogens (tertiary/aromatic N) is 2. The van der Waals surface area contributed by atoms with E-state index in [-0.39, 0.29) is 9.79 Å². The van der Waals surface area contributed by atoms with Gasteiger partial charge in [0.25, 0.3) is 0 Å². The Labute approximate surface area is 124 Å². The van der Waals surface area contributed by atoms with E-state index in [1.807, 2.05) is 6.92 Å². The van der Waals surface area contributed by atoms with Crippen molar-refractivity contribution >= 4 is 36.8 Å². The van der Waals surface area contributed by atoms with Gasteiger partial charge in [-0.2, -0.15) is 5.10 Å². The highest BCUT2D eigenvalue weighted by molar-refractivity contribution is 9.10. The maximum Gasteiger partial charge on any atom is 0.207 e. The van der Waals surface area contributed by atoms with Crippen LogP contribution in [0.15, 0.2) is 50.9 Å². The minimum Gasteiger partial charge on any atom is -0.269 e. The average molecular weight is 352 g/mol. The smallest absolute Gasteiger partial charge is 0.207 e. The van der Waals surface area contributed by atoms with Crippen molar-refractivity contribution < 1.29 is 8.42 Å². The summed E-state index contributed by atoms with van der Waals surface area (Å²) < 4.78 is 25.9. The molecule has 0 radical (unpaired) electrons. The molecule has 1 N–H and O–H groups in total. The van der Waals surface area contributed by atoms with Crippen LogP contribution in [0.5, 0.6) is 0 Å². The highest BCUT2D eigenvalue weighted by Crippen LogP contribution is 2.30. The third kappa shape index (κ3) is 2.03. The summed E-state index contributed by atoms with van der Waals surface area (Å²) in [4.78, 5) is 4.49. The van der Waals surface area contributed by atoms with Gasteiger partial charge in [0.05, 0.1) is 15.2 Å². The molecule has 0 aliphatic heterocycles. The zero-order valence-corrected chi connectivity index (χ0v) is 12.9. The molecule has 20 heavy (non-hydrogen) atoms. The van der Waals surface area contributed by atoms with E-state index < -0.39 is 9.84 Å². The number of sulfone groups is 1. The van der Waals surface area contributed by atoms with Crippen LogP contribution in [-0.4, -0.2) is 23.6 Å². The van der Waals surface area contributed by atoms with Crippen LogP contribution < -0.4 is 0 Å². The molecule has 2 heterocycles. The van der Waals surface area contributed by atoms with E-state index in [4.69, 9.17) is 0 Å². The SMILES string of the molecule is Cc1ccc(S(=O)(=O)c2ccnc3n[nH]c(Br)c23)cc1.